The molecule has 1 nitrogen and oxygen atoms in total. The molecule has 14 heavy (non-hydrogen) atoms. The first-order valence-electron chi connectivity index (χ1n) is 5.23. The first-order chi connectivity index (χ1) is 6.59. The molecule has 1 aromatic rings. The summed E-state index contributed by atoms with van der Waals surface area (Å²) in [5.41, 5.74) is 0. The third kappa shape index (κ3) is 3.70. The monoisotopic (exact) mass is 210 g/mol. The number of pyridine rings is 1. The Hall–Kier alpha value is -0.500. The van der Waals surface area contributed by atoms with Crippen LogP contribution in [0.2, 0.25) is 0 Å². The summed E-state index contributed by atoms with van der Waals surface area (Å²) in [5.74, 6) is 1.96. The minimum absolute atomic E-state index is 0.555. The van der Waals surface area contributed by atoms with Gasteiger partial charge in [-0.05, 0) is 19.8 Å². The molecule has 0 spiro atoms. The smallest absolute Gasteiger partial charge is 0.170 e. The van der Waals surface area contributed by atoms with Crippen molar-refractivity contribution in [2.45, 2.75) is 38.6 Å². The van der Waals surface area contributed by atoms with Gasteiger partial charge in [0.2, 0.25) is 0 Å². The topological polar surface area (TPSA) is 3.88 Å². The van der Waals surface area contributed by atoms with E-state index in [2.05, 4.69) is 56.8 Å². The molecule has 0 fully saturated rings. The van der Waals surface area contributed by atoms with Crippen LogP contribution in [-0.2, 0) is 0 Å². The number of aromatic nitrogens is 1. The summed E-state index contributed by atoms with van der Waals surface area (Å²) in [6.45, 7) is 8.90. The van der Waals surface area contributed by atoms with E-state index in [1.54, 1.807) is 0 Å². The molecule has 0 aliphatic rings. The summed E-state index contributed by atoms with van der Waals surface area (Å²) in [7, 11) is 0. The zero-order valence-corrected chi connectivity index (χ0v) is 10.3. The largest absolute Gasteiger partial charge is 0.203 e. The molecule has 0 bridgehead atoms. The van der Waals surface area contributed by atoms with Crippen molar-refractivity contribution in [2.75, 3.05) is 5.75 Å². The van der Waals surface area contributed by atoms with E-state index in [0.717, 1.165) is 5.92 Å². The SMILES string of the molecule is CC(C)CSc1cc[n+](C(C)C)cc1. The van der Waals surface area contributed by atoms with Gasteiger partial charge in [0.25, 0.3) is 0 Å². The minimum Gasteiger partial charge on any atom is -0.203 e. The molecule has 0 radical (unpaired) electrons. The summed E-state index contributed by atoms with van der Waals surface area (Å²) >= 11 is 1.94. The van der Waals surface area contributed by atoms with Gasteiger partial charge in [0.15, 0.2) is 18.4 Å². The predicted octanol–water partition coefficient (Wildman–Crippen LogP) is 3.30. The molecule has 78 valence electrons. The molecule has 0 N–H and O–H groups in total. The Morgan fingerprint density at radius 3 is 2.14 bits per heavy atom. The van der Waals surface area contributed by atoms with Gasteiger partial charge in [0.1, 0.15) is 0 Å². The van der Waals surface area contributed by atoms with E-state index in [-0.39, 0.29) is 0 Å². The van der Waals surface area contributed by atoms with Crippen LogP contribution in [0.1, 0.15) is 33.7 Å². The van der Waals surface area contributed by atoms with Gasteiger partial charge < -0.3 is 0 Å². The van der Waals surface area contributed by atoms with E-state index in [4.69, 9.17) is 0 Å². The quantitative estimate of drug-likeness (QED) is 0.545. The van der Waals surface area contributed by atoms with Crippen LogP contribution in [0.3, 0.4) is 0 Å². The van der Waals surface area contributed by atoms with Gasteiger partial charge in [0.05, 0.1) is 0 Å². The van der Waals surface area contributed by atoms with Crippen LogP contribution < -0.4 is 4.57 Å². The number of thioether (sulfide) groups is 1. The lowest BCUT2D eigenvalue weighted by molar-refractivity contribution is -0.716. The van der Waals surface area contributed by atoms with Gasteiger partial charge in [-0.2, -0.15) is 0 Å². The van der Waals surface area contributed by atoms with Crippen LogP contribution in [-0.4, -0.2) is 5.75 Å². The fraction of sp³-hybridized carbons (Fsp3) is 0.583. The summed E-state index contributed by atoms with van der Waals surface area (Å²) in [4.78, 5) is 1.37. The summed E-state index contributed by atoms with van der Waals surface area (Å²) in [5, 5.41) is 0. The van der Waals surface area contributed by atoms with Crippen molar-refractivity contribution in [1.82, 2.24) is 0 Å². The first kappa shape index (κ1) is 11.6. The van der Waals surface area contributed by atoms with Crippen molar-refractivity contribution in [2.24, 2.45) is 5.92 Å². The standard InChI is InChI=1S/C12H20NS/c1-10(2)9-14-12-5-7-13(8-6-12)11(3)4/h5-8,10-11H,9H2,1-4H3/q+1. The van der Waals surface area contributed by atoms with Crippen LogP contribution >= 0.6 is 11.8 Å². The van der Waals surface area contributed by atoms with Crippen LogP contribution in [0.4, 0.5) is 0 Å². The molecule has 1 rings (SSSR count). The summed E-state index contributed by atoms with van der Waals surface area (Å²) < 4.78 is 2.22. The van der Waals surface area contributed by atoms with E-state index >= 15 is 0 Å². The van der Waals surface area contributed by atoms with Crippen molar-refractivity contribution in [3.8, 4) is 0 Å². The number of hydrogen-bond acceptors (Lipinski definition) is 1. The zero-order chi connectivity index (χ0) is 10.6. The highest BCUT2D eigenvalue weighted by atomic mass is 32.2. The van der Waals surface area contributed by atoms with E-state index in [9.17, 15) is 0 Å². The summed E-state index contributed by atoms with van der Waals surface area (Å²) in [6.07, 6.45) is 4.32. The van der Waals surface area contributed by atoms with Crippen molar-refractivity contribution in [1.29, 1.82) is 0 Å². The fourth-order valence-corrected chi connectivity index (χ4v) is 1.97. The van der Waals surface area contributed by atoms with E-state index < -0.39 is 0 Å². The molecule has 2 heteroatoms. The third-order valence-electron chi connectivity index (χ3n) is 2.00. The Bertz CT molecular complexity index is 264. The minimum atomic E-state index is 0.555. The van der Waals surface area contributed by atoms with E-state index in [0.29, 0.717) is 6.04 Å². The molecule has 0 aliphatic carbocycles. The first-order valence-corrected chi connectivity index (χ1v) is 6.21. The molecular weight excluding hydrogens is 190 g/mol. The second-order valence-corrected chi connectivity index (χ2v) is 5.37. The maximum atomic E-state index is 2.25. The van der Waals surface area contributed by atoms with Crippen LogP contribution in [0.15, 0.2) is 29.4 Å². The Morgan fingerprint density at radius 2 is 1.71 bits per heavy atom. The second-order valence-electron chi connectivity index (χ2n) is 4.28. The van der Waals surface area contributed by atoms with Crippen LogP contribution in [0.5, 0.6) is 0 Å². The van der Waals surface area contributed by atoms with Crippen molar-refractivity contribution in [3.05, 3.63) is 24.5 Å². The molecule has 0 aromatic carbocycles. The average molecular weight is 210 g/mol. The highest BCUT2D eigenvalue weighted by Crippen LogP contribution is 2.18. The van der Waals surface area contributed by atoms with Crippen LogP contribution in [0.25, 0.3) is 0 Å². The molecule has 0 unspecified atom stereocenters. The fourth-order valence-electron chi connectivity index (χ4n) is 1.13. The molecule has 1 aromatic heterocycles. The Labute approximate surface area is 91.5 Å². The molecule has 0 aliphatic heterocycles. The Kier molecular flexibility index (Phi) is 4.46. The number of rotatable bonds is 4. The van der Waals surface area contributed by atoms with Gasteiger partial charge in [-0.15, -0.1) is 11.8 Å². The lowest BCUT2D eigenvalue weighted by atomic mass is 10.3. The lowest BCUT2D eigenvalue weighted by Crippen LogP contribution is -2.34. The molecule has 0 saturated carbocycles. The number of hydrogen-bond donors (Lipinski definition) is 0. The highest BCUT2D eigenvalue weighted by molar-refractivity contribution is 7.99. The van der Waals surface area contributed by atoms with Crippen LogP contribution in [0, 0.1) is 5.92 Å². The van der Waals surface area contributed by atoms with Crippen molar-refractivity contribution < 1.29 is 4.57 Å². The van der Waals surface area contributed by atoms with Gasteiger partial charge in [-0.1, -0.05) is 13.8 Å². The number of nitrogens with zero attached hydrogens (tertiary/aromatic N) is 1. The predicted molar refractivity (Wildman–Crippen MR) is 62.6 cm³/mol. The van der Waals surface area contributed by atoms with Gasteiger partial charge in [-0.25, -0.2) is 4.57 Å². The molecule has 1 heterocycles. The Balaban J connectivity index is 2.55. The zero-order valence-electron chi connectivity index (χ0n) is 9.53. The van der Waals surface area contributed by atoms with E-state index in [1.807, 2.05) is 11.8 Å². The maximum Gasteiger partial charge on any atom is 0.170 e. The molecule has 0 atom stereocenters. The van der Waals surface area contributed by atoms with Crippen molar-refractivity contribution >= 4 is 11.8 Å². The van der Waals surface area contributed by atoms with Gasteiger partial charge in [0, 0.05) is 22.8 Å². The lowest BCUT2D eigenvalue weighted by Gasteiger charge is -2.04. The van der Waals surface area contributed by atoms with E-state index in [1.165, 1.54) is 10.6 Å². The average Bonchev–Trinajstić information content (AvgIpc) is 2.15. The van der Waals surface area contributed by atoms with Gasteiger partial charge in [-0.3, -0.25) is 0 Å². The molecule has 0 amide bonds. The normalized spacial score (nSPS) is 11.3. The van der Waals surface area contributed by atoms with Gasteiger partial charge >= 0.3 is 0 Å². The molecule has 0 saturated heterocycles. The Morgan fingerprint density at radius 1 is 1.14 bits per heavy atom. The summed E-state index contributed by atoms with van der Waals surface area (Å²) in [6, 6.07) is 4.96. The maximum absolute atomic E-state index is 2.25. The van der Waals surface area contributed by atoms with Crippen molar-refractivity contribution in [3.63, 3.8) is 0 Å². The molecular formula is C12H20NS+. The highest BCUT2D eigenvalue weighted by Gasteiger charge is 2.05. The third-order valence-corrected chi connectivity index (χ3v) is 3.44. The second kappa shape index (κ2) is 5.40.